The fourth-order valence-corrected chi connectivity index (χ4v) is 2.77. The highest BCUT2D eigenvalue weighted by Crippen LogP contribution is 2.32. The van der Waals surface area contributed by atoms with Crippen LogP contribution in [0.1, 0.15) is 44.7 Å². The number of alkyl carbamates (subject to hydrolysis) is 1. The molecule has 1 aliphatic rings. The summed E-state index contributed by atoms with van der Waals surface area (Å²) in [7, 11) is 0. The molecule has 1 N–H and O–H groups in total. The molecular formula is C17H24F3N3O2. The Morgan fingerprint density at radius 1 is 1.36 bits per heavy atom. The first-order valence-corrected chi connectivity index (χ1v) is 8.23. The number of hydrogen-bond donors (Lipinski definition) is 1. The Balaban J connectivity index is 2.05. The van der Waals surface area contributed by atoms with Crippen LogP contribution >= 0.6 is 0 Å². The molecule has 0 saturated carbocycles. The van der Waals surface area contributed by atoms with Gasteiger partial charge in [0, 0.05) is 18.3 Å². The summed E-state index contributed by atoms with van der Waals surface area (Å²) in [4.78, 5) is 17.8. The van der Waals surface area contributed by atoms with Crippen LogP contribution in [0.15, 0.2) is 12.3 Å². The molecule has 0 aromatic carbocycles. The lowest BCUT2D eigenvalue weighted by molar-refractivity contribution is -0.137. The van der Waals surface area contributed by atoms with Crippen LogP contribution in [0.3, 0.4) is 0 Å². The molecule has 0 spiro atoms. The third-order valence-corrected chi connectivity index (χ3v) is 3.81. The third kappa shape index (κ3) is 5.51. The van der Waals surface area contributed by atoms with Crippen LogP contribution in [0.4, 0.5) is 23.8 Å². The zero-order chi connectivity index (χ0) is 18.8. The number of nitrogens with zero attached hydrogens (tertiary/aromatic N) is 2. The molecule has 5 nitrogen and oxygen atoms in total. The lowest BCUT2D eigenvalue weighted by atomic mass is 10.1. The van der Waals surface area contributed by atoms with E-state index in [1.807, 2.05) is 25.7 Å². The van der Waals surface area contributed by atoms with Gasteiger partial charge >= 0.3 is 12.3 Å². The van der Waals surface area contributed by atoms with Gasteiger partial charge in [0.2, 0.25) is 0 Å². The Kier molecular flexibility index (Phi) is 5.49. The fourth-order valence-electron chi connectivity index (χ4n) is 2.77. The van der Waals surface area contributed by atoms with E-state index in [2.05, 4.69) is 10.3 Å². The molecule has 25 heavy (non-hydrogen) atoms. The van der Waals surface area contributed by atoms with Crippen molar-refractivity contribution in [3.63, 3.8) is 0 Å². The second-order valence-corrected chi connectivity index (χ2v) is 7.35. The molecule has 1 fully saturated rings. The largest absolute Gasteiger partial charge is 0.444 e. The van der Waals surface area contributed by atoms with Crippen LogP contribution in [0.25, 0.3) is 0 Å². The molecule has 1 aromatic heterocycles. The van der Waals surface area contributed by atoms with E-state index in [-0.39, 0.29) is 6.10 Å². The van der Waals surface area contributed by atoms with Crippen molar-refractivity contribution in [2.45, 2.75) is 58.4 Å². The van der Waals surface area contributed by atoms with Crippen molar-refractivity contribution in [2.75, 3.05) is 18.0 Å². The lowest BCUT2D eigenvalue weighted by Gasteiger charge is -2.34. The number of ether oxygens (including phenoxy) is 1. The normalized spacial score (nSPS) is 18.8. The minimum absolute atomic E-state index is 0.320. The molecule has 0 unspecified atom stereocenters. The van der Waals surface area contributed by atoms with Gasteiger partial charge in [-0.05, 0) is 52.2 Å². The molecule has 1 atom stereocenters. The van der Waals surface area contributed by atoms with Gasteiger partial charge in [-0.1, -0.05) is 0 Å². The number of aromatic nitrogens is 1. The molecule has 0 bridgehead atoms. The molecular weight excluding hydrogens is 335 g/mol. The first kappa shape index (κ1) is 19.3. The van der Waals surface area contributed by atoms with E-state index in [0.29, 0.717) is 30.9 Å². The van der Waals surface area contributed by atoms with Crippen molar-refractivity contribution in [2.24, 2.45) is 0 Å². The molecule has 1 aromatic rings. The predicted molar refractivity (Wildman–Crippen MR) is 88.6 cm³/mol. The topological polar surface area (TPSA) is 54.5 Å². The van der Waals surface area contributed by atoms with Gasteiger partial charge in [-0.2, -0.15) is 13.2 Å². The van der Waals surface area contributed by atoms with Crippen molar-refractivity contribution < 1.29 is 22.7 Å². The van der Waals surface area contributed by atoms with E-state index in [1.54, 1.807) is 6.92 Å². The maximum atomic E-state index is 12.8. The summed E-state index contributed by atoms with van der Waals surface area (Å²) in [5, 5.41) is 2.74. The number of carbonyl (C=O) groups is 1. The maximum Gasteiger partial charge on any atom is 0.417 e. The Morgan fingerprint density at radius 2 is 2.04 bits per heavy atom. The average Bonchev–Trinajstić information content (AvgIpc) is 2.44. The number of hydrogen-bond acceptors (Lipinski definition) is 4. The third-order valence-electron chi connectivity index (χ3n) is 3.81. The highest BCUT2D eigenvalue weighted by molar-refractivity contribution is 5.68. The van der Waals surface area contributed by atoms with Gasteiger partial charge in [0.25, 0.3) is 0 Å². The SMILES string of the molecule is Cc1cc(C(F)(F)F)cnc1N1CCC[C@@H](OC(=O)NC(C)(C)C)C1. The van der Waals surface area contributed by atoms with Gasteiger partial charge in [0.1, 0.15) is 11.9 Å². The summed E-state index contributed by atoms with van der Waals surface area (Å²) >= 11 is 0. The number of piperidine rings is 1. The van der Waals surface area contributed by atoms with Gasteiger partial charge in [0.05, 0.1) is 12.1 Å². The monoisotopic (exact) mass is 359 g/mol. The minimum Gasteiger partial charge on any atom is -0.444 e. The minimum atomic E-state index is -4.41. The van der Waals surface area contributed by atoms with Crippen LogP contribution in [-0.2, 0) is 10.9 Å². The Morgan fingerprint density at radius 3 is 2.60 bits per heavy atom. The van der Waals surface area contributed by atoms with Crippen LogP contribution in [0.2, 0.25) is 0 Å². The van der Waals surface area contributed by atoms with Crippen molar-refractivity contribution in [3.05, 3.63) is 23.4 Å². The Bertz CT molecular complexity index is 627. The fraction of sp³-hybridized carbons (Fsp3) is 0.647. The van der Waals surface area contributed by atoms with E-state index in [1.165, 1.54) is 0 Å². The van der Waals surface area contributed by atoms with Gasteiger partial charge in [-0.3, -0.25) is 0 Å². The van der Waals surface area contributed by atoms with Crippen LogP contribution < -0.4 is 10.2 Å². The van der Waals surface area contributed by atoms with Gasteiger partial charge in [0.15, 0.2) is 0 Å². The van der Waals surface area contributed by atoms with E-state index in [0.717, 1.165) is 18.7 Å². The second kappa shape index (κ2) is 7.09. The molecule has 1 amide bonds. The lowest BCUT2D eigenvalue weighted by Crippen LogP contribution is -2.46. The number of aryl methyl sites for hydroxylation is 1. The zero-order valence-electron chi connectivity index (χ0n) is 14.9. The summed E-state index contributed by atoms with van der Waals surface area (Å²) in [6.07, 6.45) is -2.88. The highest BCUT2D eigenvalue weighted by Gasteiger charge is 2.32. The standard InChI is InChI=1S/C17H24F3N3O2/c1-11-8-12(17(18,19)20)9-21-14(11)23-7-5-6-13(10-23)25-15(24)22-16(2,3)4/h8-9,13H,5-7,10H2,1-4H3,(H,22,24)/t13-/m1/s1. The molecule has 2 heterocycles. The summed E-state index contributed by atoms with van der Waals surface area (Å²) in [6.45, 7) is 8.26. The quantitative estimate of drug-likeness (QED) is 0.870. The van der Waals surface area contributed by atoms with Gasteiger partial charge < -0.3 is 15.0 Å². The molecule has 0 aliphatic carbocycles. The molecule has 1 aliphatic heterocycles. The predicted octanol–water partition coefficient (Wildman–Crippen LogP) is 3.90. The van der Waals surface area contributed by atoms with Crippen LogP contribution in [0, 0.1) is 6.92 Å². The number of pyridine rings is 1. The van der Waals surface area contributed by atoms with Crippen molar-refractivity contribution in [1.82, 2.24) is 10.3 Å². The molecule has 8 heteroatoms. The summed E-state index contributed by atoms with van der Waals surface area (Å²) < 4.78 is 43.7. The number of rotatable bonds is 2. The number of nitrogens with one attached hydrogen (secondary N) is 1. The summed E-state index contributed by atoms with van der Waals surface area (Å²) in [6, 6.07) is 1.10. The smallest absolute Gasteiger partial charge is 0.417 e. The first-order valence-electron chi connectivity index (χ1n) is 8.23. The van der Waals surface area contributed by atoms with Gasteiger partial charge in [-0.25, -0.2) is 9.78 Å². The molecule has 1 saturated heterocycles. The van der Waals surface area contributed by atoms with Crippen LogP contribution in [0.5, 0.6) is 0 Å². The molecule has 140 valence electrons. The zero-order valence-corrected chi connectivity index (χ0v) is 14.9. The van der Waals surface area contributed by atoms with Crippen molar-refractivity contribution in [3.8, 4) is 0 Å². The number of carbonyl (C=O) groups excluding carboxylic acids is 1. The van der Waals surface area contributed by atoms with Crippen molar-refractivity contribution in [1.29, 1.82) is 0 Å². The number of anilines is 1. The number of halogens is 3. The van der Waals surface area contributed by atoms with Gasteiger partial charge in [-0.15, -0.1) is 0 Å². The summed E-state index contributed by atoms with van der Waals surface area (Å²) in [5.41, 5.74) is -0.700. The summed E-state index contributed by atoms with van der Waals surface area (Å²) in [5.74, 6) is 0.498. The van der Waals surface area contributed by atoms with E-state index in [4.69, 9.17) is 4.74 Å². The number of alkyl halides is 3. The second-order valence-electron chi connectivity index (χ2n) is 7.35. The van der Waals surface area contributed by atoms with E-state index < -0.39 is 23.4 Å². The van der Waals surface area contributed by atoms with E-state index in [9.17, 15) is 18.0 Å². The Labute approximate surface area is 145 Å². The molecule has 2 rings (SSSR count). The average molecular weight is 359 g/mol. The van der Waals surface area contributed by atoms with Crippen LogP contribution in [-0.4, -0.2) is 35.8 Å². The highest BCUT2D eigenvalue weighted by atomic mass is 19.4. The number of amides is 1. The van der Waals surface area contributed by atoms with Crippen molar-refractivity contribution >= 4 is 11.9 Å². The first-order chi connectivity index (χ1) is 11.5. The van der Waals surface area contributed by atoms with E-state index >= 15 is 0 Å². The Hall–Kier alpha value is -1.99. The molecule has 0 radical (unpaired) electrons. The maximum absolute atomic E-state index is 12.8.